The van der Waals surface area contributed by atoms with Crippen LogP contribution in [0.1, 0.15) is 15.9 Å². The predicted octanol–water partition coefficient (Wildman–Crippen LogP) is 3.09. The SMILES string of the molecule is O=C(COC(=O)c1ccc(F)cc1F)NCc1ccc(Cl)cc1. The van der Waals surface area contributed by atoms with E-state index in [0.717, 1.165) is 17.7 Å². The van der Waals surface area contributed by atoms with Gasteiger partial charge in [-0.1, -0.05) is 23.7 Å². The minimum absolute atomic E-state index is 0.235. The van der Waals surface area contributed by atoms with Crippen LogP contribution in [0.4, 0.5) is 8.78 Å². The topological polar surface area (TPSA) is 55.4 Å². The predicted molar refractivity (Wildman–Crippen MR) is 79.9 cm³/mol. The van der Waals surface area contributed by atoms with Crippen LogP contribution in [0.3, 0.4) is 0 Å². The first-order chi connectivity index (χ1) is 11.0. The van der Waals surface area contributed by atoms with E-state index in [1.54, 1.807) is 24.3 Å². The highest BCUT2D eigenvalue weighted by atomic mass is 35.5. The summed E-state index contributed by atoms with van der Waals surface area (Å²) in [5, 5.41) is 3.11. The van der Waals surface area contributed by atoms with Crippen molar-refractivity contribution < 1.29 is 23.1 Å². The number of rotatable bonds is 5. The molecule has 0 aromatic heterocycles. The van der Waals surface area contributed by atoms with E-state index < -0.39 is 35.7 Å². The number of benzene rings is 2. The minimum Gasteiger partial charge on any atom is -0.452 e. The number of amides is 1. The molecule has 0 unspecified atom stereocenters. The molecule has 0 radical (unpaired) electrons. The average molecular weight is 340 g/mol. The van der Waals surface area contributed by atoms with E-state index in [0.29, 0.717) is 11.1 Å². The van der Waals surface area contributed by atoms with Crippen LogP contribution in [0.15, 0.2) is 42.5 Å². The second-order valence-corrected chi connectivity index (χ2v) is 5.04. The molecule has 2 rings (SSSR count). The number of nitrogens with one attached hydrogen (secondary N) is 1. The molecule has 4 nitrogen and oxygen atoms in total. The summed E-state index contributed by atoms with van der Waals surface area (Å²) in [6.45, 7) is -0.332. The largest absolute Gasteiger partial charge is 0.452 e. The van der Waals surface area contributed by atoms with Gasteiger partial charge in [0, 0.05) is 17.6 Å². The molecule has 1 N–H and O–H groups in total. The first kappa shape index (κ1) is 16.9. The Morgan fingerprint density at radius 1 is 1.09 bits per heavy atom. The van der Waals surface area contributed by atoms with Gasteiger partial charge in [-0.3, -0.25) is 4.79 Å². The number of ether oxygens (including phenoxy) is 1. The average Bonchev–Trinajstić information content (AvgIpc) is 2.52. The van der Waals surface area contributed by atoms with Crippen molar-refractivity contribution in [2.24, 2.45) is 0 Å². The van der Waals surface area contributed by atoms with Crippen molar-refractivity contribution in [1.29, 1.82) is 0 Å². The van der Waals surface area contributed by atoms with Crippen molar-refractivity contribution in [3.05, 3.63) is 70.2 Å². The molecule has 2 aromatic rings. The molecule has 120 valence electrons. The van der Waals surface area contributed by atoms with Gasteiger partial charge in [-0.15, -0.1) is 0 Å². The third-order valence-electron chi connectivity index (χ3n) is 2.89. The molecule has 0 fully saturated rings. The van der Waals surface area contributed by atoms with Crippen LogP contribution in [0, 0.1) is 11.6 Å². The van der Waals surface area contributed by atoms with Gasteiger partial charge in [-0.05, 0) is 29.8 Å². The van der Waals surface area contributed by atoms with E-state index in [9.17, 15) is 18.4 Å². The molecule has 23 heavy (non-hydrogen) atoms. The standard InChI is InChI=1S/C16H12ClF2NO3/c17-11-3-1-10(2-4-11)8-20-15(21)9-23-16(22)13-6-5-12(18)7-14(13)19/h1-7H,8-9H2,(H,20,21). The maximum absolute atomic E-state index is 13.4. The fourth-order valence-electron chi connectivity index (χ4n) is 1.72. The molecule has 0 bridgehead atoms. The van der Waals surface area contributed by atoms with Crippen molar-refractivity contribution in [3.8, 4) is 0 Å². The molecule has 0 aliphatic carbocycles. The zero-order valence-electron chi connectivity index (χ0n) is 11.8. The van der Waals surface area contributed by atoms with Crippen LogP contribution in [0.25, 0.3) is 0 Å². The minimum atomic E-state index is -1.04. The van der Waals surface area contributed by atoms with E-state index in [2.05, 4.69) is 10.1 Å². The van der Waals surface area contributed by atoms with E-state index in [1.165, 1.54) is 0 Å². The summed E-state index contributed by atoms with van der Waals surface area (Å²) in [6, 6.07) is 9.29. The summed E-state index contributed by atoms with van der Waals surface area (Å²) in [6.07, 6.45) is 0. The zero-order valence-corrected chi connectivity index (χ0v) is 12.6. The highest BCUT2D eigenvalue weighted by Gasteiger charge is 2.15. The molecule has 0 saturated heterocycles. The van der Waals surface area contributed by atoms with Gasteiger partial charge in [-0.2, -0.15) is 0 Å². The van der Waals surface area contributed by atoms with Gasteiger partial charge in [0.1, 0.15) is 11.6 Å². The van der Waals surface area contributed by atoms with E-state index in [-0.39, 0.29) is 6.54 Å². The smallest absolute Gasteiger partial charge is 0.341 e. The Hall–Kier alpha value is -2.47. The molecule has 7 heteroatoms. The van der Waals surface area contributed by atoms with Crippen LogP contribution < -0.4 is 5.32 Å². The number of halogens is 3. The third kappa shape index (κ3) is 5.03. The van der Waals surface area contributed by atoms with Crippen LogP contribution in [0.5, 0.6) is 0 Å². The van der Waals surface area contributed by atoms with Gasteiger partial charge in [0.25, 0.3) is 5.91 Å². The second kappa shape index (κ2) is 7.69. The maximum atomic E-state index is 13.4. The Kier molecular flexibility index (Phi) is 5.65. The molecular weight excluding hydrogens is 328 g/mol. The summed E-state index contributed by atoms with van der Waals surface area (Å²) in [7, 11) is 0. The Morgan fingerprint density at radius 3 is 2.43 bits per heavy atom. The lowest BCUT2D eigenvalue weighted by Crippen LogP contribution is -2.28. The summed E-state index contributed by atoms with van der Waals surface area (Å²) < 4.78 is 30.8. The molecular formula is C16H12ClF2NO3. The lowest BCUT2D eigenvalue weighted by molar-refractivity contribution is -0.124. The number of esters is 1. The Labute approximate surface area is 136 Å². The molecule has 1 amide bonds. The van der Waals surface area contributed by atoms with E-state index >= 15 is 0 Å². The van der Waals surface area contributed by atoms with Crippen molar-refractivity contribution >= 4 is 23.5 Å². The molecule has 0 aliphatic rings. The highest BCUT2D eigenvalue weighted by molar-refractivity contribution is 6.30. The van der Waals surface area contributed by atoms with Gasteiger partial charge >= 0.3 is 5.97 Å². The molecule has 0 heterocycles. The van der Waals surface area contributed by atoms with Crippen LogP contribution in [-0.2, 0) is 16.1 Å². The van der Waals surface area contributed by atoms with Crippen molar-refractivity contribution in [1.82, 2.24) is 5.32 Å². The Bertz CT molecular complexity index is 720. The maximum Gasteiger partial charge on any atom is 0.341 e. The zero-order chi connectivity index (χ0) is 16.8. The first-order valence-corrected chi connectivity index (χ1v) is 6.97. The number of carbonyl (C=O) groups excluding carboxylic acids is 2. The summed E-state index contributed by atoms with van der Waals surface area (Å²) in [4.78, 5) is 23.2. The quantitative estimate of drug-likeness (QED) is 0.852. The van der Waals surface area contributed by atoms with E-state index in [1.807, 2.05) is 0 Å². The van der Waals surface area contributed by atoms with Crippen LogP contribution in [0.2, 0.25) is 5.02 Å². The summed E-state index contributed by atoms with van der Waals surface area (Å²) in [5.41, 5.74) is 0.385. The lowest BCUT2D eigenvalue weighted by Gasteiger charge is -2.07. The monoisotopic (exact) mass is 339 g/mol. The van der Waals surface area contributed by atoms with Gasteiger partial charge in [0.05, 0.1) is 5.56 Å². The van der Waals surface area contributed by atoms with Crippen LogP contribution >= 0.6 is 11.6 Å². The molecule has 0 aliphatic heterocycles. The van der Waals surface area contributed by atoms with Gasteiger partial charge < -0.3 is 10.1 Å². The van der Waals surface area contributed by atoms with Crippen molar-refractivity contribution in [2.45, 2.75) is 6.54 Å². The van der Waals surface area contributed by atoms with E-state index in [4.69, 9.17) is 11.6 Å². The van der Waals surface area contributed by atoms with Gasteiger partial charge in [0.2, 0.25) is 0 Å². The van der Waals surface area contributed by atoms with Crippen molar-refractivity contribution in [2.75, 3.05) is 6.61 Å². The first-order valence-electron chi connectivity index (χ1n) is 6.59. The fourth-order valence-corrected chi connectivity index (χ4v) is 1.84. The Morgan fingerprint density at radius 2 is 1.78 bits per heavy atom. The molecule has 0 spiro atoms. The second-order valence-electron chi connectivity index (χ2n) is 4.60. The molecule has 0 atom stereocenters. The number of carbonyl (C=O) groups is 2. The normalized spacial score (nSPS) is 10.2. The number of hydrogen-bond acceptors (Lipinski definition) is 3. The Balaban J connectivity index is 1.81. The van der Waals surface area contributed by atoms with Crippen molar-refractivity contribution in [3.63, 3.8) is 0 Å². The summed E-state index contributed by atoms with van der Waals surface area (Å²) in [5.74, 6) is -3.43. The van der Waals surface area contributed by atoms with Gasteiger partial charge in [-0.25, -0.2) is 13.6 Å². The number of hydrogen-bond donors (Lipinski definition) is 1. The lowest BCUT2D eigenvalue weighted by atomic mass is 10.2. The molecule has 0 saturated carbocycles. The summed E-state index contributed by atoms with van der Waals surface area (Å²) >= 11 is 5.74. The third-order valence-corrected chi connectivity index (χ3v) is 3.14. The molecule has 2 aromatic carbocycles. The highest BCUT2D eigenvalue weighted by Crippen LogP contribution is 2.11. The van der Waals surface area contributed by atoms with Gasteiger partial charge in [0.15, 0.2) is 6.61 Å². The van der Waals surface area contributed by atoms with Crippen LogP contribution in [-0.4, -0.2) is 18.5 Å². The fraction of sp³-hybridized carbons (Fsp3) is 0.125.